The number of alkyl carbamates (subject to hydrolysis) is 1. The van der Waals surface area contributed by atoms with Crippen molar-refractivity contribution < 1.29 is 33.3 Å². The Hall–Kier alpha value is -4.79. The molecule has 4 atom stereocenters. The highest BCUT2D eigenvalue weighted by Crippen LogP contribution is 2.45. The summed E-state index contributed by atoms with van der Waals surface area (Å²) in [6, 6.07) is 2.58. The van der Waals surface area contributed by atoms with E-state index in [1.165, 1.54) is 36.5 Å². The molecule has 1 saturated heterocycles. The fourth-order valence-corrected chi connectivity index (χ4v) is 6.30. The number of H-pyrrole nitrogens is 1. The number of halogens is 1. The van der Waals surface area contributed by atoms with E-state index in [9.17, 15) is 14.7 Å². The van der Waals surface area contributed by atoms with Crippen molar-refractivity contribution in [3.8, 4) is 11.8 Å². The van der Waals surface area contributed by atoms with Crippen LogP contribution in [0.15, 0.2) is 24.5 Å². The van der Waals surface area contributed by atoms with Crippen LogP contribution in [0.1, 0.15) is 73.2 Å². The van der Waals surface area contributed by atoms with Gasteiger partial charge in [0, 0.05) is 31.1 Å². The molecule has 15 heteroatoms. The Balaban J connectivity index is 1.41. The molecule has 4 aromatic rings. The number of hydrogen-bond donors (Lipinski definition) is 3. The first kappa shape index (κ1) is 33.1. The number of aromatic nitrogens is 5. The highest BCUT2D eigenvalue weighted by Gasteiger charge is 2.47. The van der Waals surface area contributed by atoms with E-state index in [1.54, 1.807) is 27.7 Å². The third-order valence-electron chi connectivity index (χ3n) is 8.24. The smallest absolute Gasteiger partial charge is 0.414 e. The topological polar surface area (TPSA) is 168 Å². The Morgan fingerprint density at radius 2 is 1.77 bits per heavy atom. The van der Waals surface area contributed by atoms with E-state index in [1.807, 2.05) is 20.8 Å². The van der Waals surface area contributed by atoms with Crippen LogP contribution in [0, 0.1) is 11.7 Å². The number of aromatic amines is 1. The van der Waals surface area contributed by atoms with E-state index in [2.05, 4.69) is 30.2 Å². The number of amides is 2. The van der Waals surface area contributed by atoms with Gasteiger partial charge in [-0.05, 0) is 79.4 Å². The molecule has 2 amide bonds. The average molecular weight is 665 g/mol. The van der Waals surface area contributed by atoms with Crippen LogP contribution in [0.25, 0.3) is 21.9 Å². The lowest BCUT2D eigenvalue weighted by molar-refractivity contribution is 0.0490. The molecule has 3 aromatic heterocycles. The molecule has 4 heterocycles. The predicted octanol–water partition coefficient (Wildman–Crippen LogP) is 5.75. The molecule has 1 saturated carbocycles. The first-order valence-corrected chi connectivity index (χ1v) is 15.9. The quantitative estimate of drug-likeness (QED) is 0.230. The van der Waals surface area contributed by atoms with Gasteiger partial charge in [-0.15, -0.1) is 0 Å². The van der Waals surface area contributed by atoms with Crippen LogP contribution in [0.3, 0.4) is 0 Å². The van der Waals surface area contributed by atoms with E-state index in [0.717, 1.165) is 6.42 Å². The molecule has 2 fully saturated rings. The molecule has 6 rings (SSSR count). The van der Waals surface area contributed by atoms with Crippen molar-refractivity contribution in [1.82, 2.24) is 30.2 Å². The number of rotatable bonds is 6. The molecule has 1 aliphatic heterocycles. The minimum atomic E-state index is -0.850. The number of anilines is 2. The summed E-state index contributed by atoms with van der Waals surface area (Å²) < 4.78 is 32.4. The second-order valence-corrected chi connectivity index (χ2v) is 14.4. The third kappa shape index (κ3) is 6.77. The average Bonchev–Trinajstić information content (AvgIpc) is 3.67. The second-order valence-electron chi connectivity index (χ2n) is 14.4. The van der Waals surface area contributed by atoms with Crippen molar-refractivity contribution in [2.75, 3.05) is 23.4 Å². The number of ether oxygens (including phenoxy) is 3. The minimum Gasteiger partial charge on any atom is -0.444 e. The van der Waals surface area contributed by atoms with Gasteiger partial charge in [0.25, 0.3) is 0 Å². The van der Waals surface area contributed by atoms with Gasteiger partial charge in [0.1, 0.15) is 34.6 Å². The summed E-state index contributed by atoms with van der Waals surface area (Å²) in [5, 5.41) is 13.9. The monoisotopic (exact) mass is 664 g/mol. The molecule has 1 aliphatic carbocycles. The number of aliphatic hydroxyl groups is 1. The van der Waals surface area contributed by atoms with Crippen LogP contribution in [-0.4, -0.2) is 79.1 Å². The maximum Gasteiger partial charge on any atom is 0.414 e. The summed E-state index contributed by atoms with van der Waals surface area (Å²) in [5.41, 5.74) is -0.282. The van der Waals surface area contributed by atoms with Gasteiger partial charge < -0.3 is 34.5 Å². The van der Waals surface area contributed by atoms with Crippen LogP contribution < -0.4 is 19.9 Å². The summed E-state index contributed by atoms with van der Waals surface area (Å²) in [4.78, 5) is 50.0. The minimum absolute atomic E-state index is 0.00817. The summed E-state index contributed by atoms with van der Waals surface area (Å²) in [7, 11) is 1.52. The number of nitrogens with one attached hydrogen (secondary N) is 2. The van der Waals surface area contributed by atoms with Crippen LogP contribution in [0.5, 0.6) is 11.8 Å². The van der Waals surface area contributed by atoms with Crippen molar-refractivity contribution >= 4 is 45.6 Å². The predicted molar refractivity (Wildman–Crippen MR) is 176 cm³/mol. The molecule has 2 bridgehead atoms. The standard InChI is InChI=1S/C33H41FN8O6/c1-16(43)26-35-13-20(14-36-26)46-29-39-27-24(21-10-18(34)11-23(25(21)38-27)41(8)31(45)48-33(5,6)7)28(40-29)42-15-17-9-19(42)12-22(17)37-30(44)47-32(2,3)4/h10-11,13-14,16-17,19,22,43H,9,12,15H2,1-8H3,(H,37,44)(H,38,39,40). The molecule has 4 unspecified atom stereocenters. The number of carbonyl (C=O) groups excluding carboxylic acids is 2. The van der Waals surface area contributed by atoms with Gasteiger partial charge in [-0.3, -0.25) is 4.90 Å². The number of fused-ring (bicyclic) bond motifs is 5. The Morgan fingerprint density at radius 1 is 1.08 bits per heavy atom. The molecule has 3 N–H and O–H groups in total. The number of piperidine rings is 1. The number of nitrogens with zero attached hydrogens (tertiary/aromatic N) is 6. The molecule has 0 spiro atoms. The first-order valence-electron chi connectivity index (χ1n) is 15.9. The molecule has 2 aliphatic rings. The third-order valence-corrected chi connectivity index (χ3v) is 8.24. The summed E-state index contributed by atoms with van der Waals surface area (Å²) in [5.74, 6) is 0.569. The molecule has 1 aromatic carbocycles. The second kappa shape index (κ2) is 12.0. The van der Waals surface area contributed by atoms with Crippen molar-refractivity contribution in [3.05, 3.63) is 36.2 Å². The Labute approximate surface area is 277 Å². The van der Waals surface area contributed by atoms with E-state index < -0.39 is 35.3 Å². The number of benzene rings is 1. The maximum atomic E-state index is 15.3. The van der Waals surface area contributed by atoms with Crippen LogP contribution in [0.4, 0.5) is 25.5 Å². The van der Waals surface area contributed by atoms with Gasteiger partial charge in [-0.25, -0.2) is 23.9 Å². The van der Waals surface area contributed by atoms with Crippen LogP contribution in [0.2, 0.25) is 0 Å². The summed E-state index contributed by atoms with van der Waals surface area (Å²) in [6.45, 7) is 12.9. The Morgan fingerprint density at radius 3 is 2.38 bits per heavy atom. The molecule has 48 heavy (non-hydrogen) atoms. The molecule has 14 nitrogen and oxygen atoms in total. The van der Waals surface area contributed by atoms with Crippen molar-refractivity contribution in [2.45, 2.75) is 90.7 Å². The summed E-state index contributed by atoms with van der Waals surface area (Å²) in [6.07, 6.45) is 2.35. The van der Waals surface area contributed by atoms with E-state index in [0.29, 0.717) is 40.7 Å². The fraction of sp³-hybridized carbons (Fsp3) is 0.515. The fourth-order valence-electron chi connectivity index (χ4n) is 6.30. The number of carbonyl (C=O) groups is 2. The summed E-state index contributed by atoms with van der Waals surface area (Å²) >= 11 is 0. The number of aliphatic hydroxyl groups excluding tert-OH is 1. The Kier molecular flexibility index (Phi) is 8.30. The van der Waals surface area contributed by atoms with Gasteiger partial charge in [-0.1, -0.05) is 0 Å². The lowest BCUT2D eigenvalue weighted by Gasteiger charge is -2.33. The molecule has 0 radical (unpaired) electrons. The zero-order valence-corrected chi connectivity index (χ0v) is 28.3. The molecule has 256 valence electrons. The highest BCUT2D eigenvalue weighted by atomic mass is 19.1. The van der Waals surface area contributed by atoms with Gasteiger partial charge in [0.15, 0.2) is 11.6 Å². The van der Waals surface area contributed by atoms with E-state index >= 15 is 4.39 Å². The van der Waals surface area contributed by atoms with E-state index in [4.69, 9.17) is 19.2 Å². The zero-order valence-electron chi connectivity index (χ0n) is 28.3. The highest BCUT2D eigenvalue weighted by molar-refractivity contribution is 6.16. The van der Waals surface area contributed by atoms with Crippen molar-refractivity contribution in [3.63, 3.8) is 0 Å². The molecular formula is C33H41FN8O6. The SMILES string of the molecule is CC(O)c1ncc(Oc2nc(N3CC4CC3CC4NC(=O)OC(C)(C)C)c3c(n2)[nH]c2c(N(C)C(=O)OC(C)(C)C)cc(F)cc23)cn1. The lowest BCUT2D eigenvalue weighted by atomic mass is 10.0. The first-order chi connectivity index (χ1) is 22.5. The normalized spacial score (nSPS) is 19.9. The van der Waals surface area contributed by atoms with Gasteiger partial charge in [-0.2, -0.15) is 9.97 Å². The Bertz CT molecular complexity index is 1870. The van der Waals surface area contributed by atoms with Crippen LogP contribution >= 0.6 is 0 Å². The van der Waals surface area contributed by atoms with Crippen molar-refractivity contribution in [1.29, 1.82) is 0 Å². The number of hydrogen-bond acceptors (Lipinski definition) is 11. The van der Waals surface area contributed by atoms with Crippen LogP contribution in [-0.2, 0) is 9.47 Å². The molecular weight excluding hydrogens is 623 g/mol. The van der Waals surface area contributed by atoms with E-state index in [-0.39, 0.29) is 41.3 Å². The maximum absolute atomic E-state index is 15.3. The van der Waals surface area contributed by atoms with Gasteiger partial charge >= 0.3 is 18.2 Å². The van der Waals surface area contributed by atoms with Crippen molar-refractivity contribution in [2.24, 2.45) is 5.92 Å². The largest absolute Gasteiger partial charge is 0.444 e. The van der Waals surface area contributed by atoms with Gasteiger partial charge in [0.2, 0.25) is 0 Å². The lowest BCUT2D eigenvalue weighted by Crippen LogP contribution is -2.47. The zero-order chi connectivity index (χ0) is 34.7. The van der Waals surface area contributed by atoms with Gasteiger partial charge in [0.05, 0.1) is 29.0 Å².